The van der Waals surface area contributed by atoms with Gasteiger partial charge in [0.1, 0.15) is 11.0 Å². The van der Waals surface area contributed by atoms with Gasteiger partial charge in [-0.15, -0.1) is 0 Å². The maximum Gasteiger partial charge on any atom is 0.417 e. The van der Waals surface area contributed by atoms with Gasteiger partial charge in [0.25, 0.3) is 6.47 Å². The molecule has 1 heterocycles. The number of nitrogens with zero attached hydrogens (tertiary/aromatic N) is 1. The number of piperidine rings is 1. The second-order valence-corrected chi connectivity index (χ2v) is 7.19. The van der Waals surface area contributed by atoms with E-state index in [1.807, 2.05) is 0 Å². The lowest BCUT2D eigenvalue weighted by molar-refractivity contribution is -0.139. The third kappa shape index (κ3) is 6.43. The first-order valence-electron chi connectivity index (χ1n) is 8.29. The van der Waals surface area contributed by atoms with Gasteiger partial charge in [0, 0.05) is 12.6 Å². The fraction of sp³-hybridized carbons (Fsp3) is 0.588. The van der Waals surface area contributed by atoms with Crippen molar-refractivity contribution in [2.24, 2.45) is 0 Å². The lowest BCUT2D eigenvalue weighted by Gasteiger charge is -2.34. The SMILES string of the molecule is CCCCC1CCCCN1S(=O)c1ccccc1C(F)(F)F.O=CO. The van der Waals surface area contributed by atoms with E-state index in [1.165, 1.54) is 18.2 Å². The zero-order chi connectivity index (χ0) is 18.9. The molecule has 1 aliphatic heterocycles. The Hall–Kier alpha value is -1.41. The van der Waals surface area contributed by atoms with Gasteiger partial charge < -0.3 is 5.11 Å². The molecule has 1 fully saturated rings. The van der Waals surface area contributed by atoms with E-state index in [1.54, 1.807) is 4.31 Å². The van der Waals surface area contributed by atoms with E-state index in [9.17, 15) is 17.4 Å². The summed E-state index contributed by atoms with van der Waals surface area (Å²) in [6.45, 7) is 2.44. The molecule has 1 saturated heterocycles. The largest absolute Gasteiger partial charge is 0.483 e. The fourth-order valence-electron chi connectivity index (χ4n) is 2.90. The minimum absolute atomic E-state index is 0.113. The van der Waals surface area contributed by atoms with Crippen LogP contribution in [0.5, 0.6) is 0 Å². The number of halogens is 3. The highest BCUT2D eigenvalue weighted by Gasteiger charge is 2.37. The second kappa shape index (κ2) is 10.6. The summed E-state index contributed by atoms with van der Waals surface area (Å²) in [5.41, 5.74) is -0.784. The quantitative estimate of drug-likeness (QED) is 0.768. The number of alkyl halides is 3. The Bertz CT molecular complexity index is 566. The van der Waals surface area contributed by atoms with E-state index in [-0.39, 0.29) is 17.4 Å². The maximum atomic E-state index is 13.1. The predicted octanol–water partition coefficient (Wildman–Crippen LogP) is 4.47. The van der Waals surface area contributed by atoms with E-state index >= 15 is 0 Å². The fourth-order valence-corrected chi connectivity index (χ4v) is 4.50. The van der Waals surface area contributed by atoms with Crippen LogP contribution in [0.1, 0.15) is 51.0 Å². The van der Waals surface area contributed by atoms with Gasteiger partial charge in [0.2, 0.25) is 0 Å². The van der Waals surface area contributed by atoms with Gasteiger partial charge in [0.05, 0.1) is 10.5 Å². The minimum Gasteiger partial charge on any atom is -0.483 e. The summed E-state index contributed by atoms with van der Waals surface area (Å²) in [5.74, 6) is 0. The molecule has 0 saturated carbocycles. The molecule has 2 rings (SSSR count). The van der Waals surface area contributed by atoms with Gasteiger partial charge in [-0.25, -0.2) is 8.51 Å². The smallest absolute Gasteiger partial charge is 0.417 e. The van der Waals surface area contributed by atoms with Crippen molar-refractivity contribution in [1.29, 1.82) is 0 Å². The molecule has 1 aromatic carbocycles. The Morgan fingerprint density at radius 2 is 1.96 bits per heavy atom. The molecule has 4 nitrogen and oxygen atoms in total. The van der Waals surface area contributed by atoms with Crippen molar-refractivity contribution in [3.05, 3.63) is 29.8 Å². The van der Waals surface area contributed by atoms with Gasteiger partial charge in [-0.05, 0) is 31.4 Å². The number of hydrogen-bond acceptors (Lipinski definition) is 2. The minimum atomic E-state index is -4.47. The van der Waals surface area contributed by atoms with Crippen molar-refractivity contribution >= 4 is 17.5 Å². The van der Waals surface area contributed by atoms with Crippen molar-refractivity contribution in [3.8, 4) is 0 Å². The van der Waals surface area contributed by atoms with Crippen LogP contribution in [-0.2, 0) is 22.0 Å². The molecule has 1 N–H and O–H groups in total. The molecular formula is C17H24F3NO3S. The summed E-state index contributed by atoms with van der Waals surface area (Å²) in [7, 11) is -1.75. The maximum absolute atomic E-state index is 13.1. The number of benzene rings is 1. The van der Waals surface area contributed by atoms with Crippen molar-refractivity contribution < 1.29 is 27.3 Å². The third-order valence-electron chi connectivity index (χ3n) is 4.06. The van der Waals surface area contributed by atoms with E-state index < -0.39 is 22.7 Å². The highest BCUT2D eigenvalue weighted by Crippen LogP contribution is 2.35. The van der Waals surface area contributed by atoms with Crippen molar-refractivity contribution in [3.63, 3.8) is 0 Å². The van der Waals surface area contributed by atoms with Crippen LogP contribution < -0.4 is 0 Å². The van der Waals surface area contributed by atoms with Crippen LogP contribution in [0, 0.1) is 0 Å². The lowest BCUT2D eigenvalue weighted by Crippen LogP contribution is -2.41. The molecule has 25 heavy (non-hydrogen) atoms. The molecule has 2 unspecified atom stereocenters. The average Bonchev–Trinajstić information content (AvgIpc) is 2.59. The van der Waals surface area contributed by atoms with E-state index in [2.05, 4.69) is 6.92 Å². The molecule has 0 spiro atoms. The van der Waals surface area contributed by atoms with E-state index in [0.717, 1.165) is 44.6 Å². The van der Waals surface area contributed by atoms with Gasteiger partial charge >= 0.3 is 6.18 Å². The molecule has 1 aromatic rings. The van der Waals surface area contributed by atoms with Crippen LogP contribution >= 0.6 is 0 Å². The Morgan fingerprint density at radius 3 is 2.56 bits per heavy atom. The standard InChI is InChI=1S/C16H22F3NOS.CH2O2/c1-2-3-8-13-9-6-7-12-20(13)22(21)15-11-5-4-10-14(15)16(17,18)19;2-1-3/h4-5,10-11,13H,2-3,6-9,12H2,1H3;1H,(H,2,3). The van der Waals surface area contributed by atoms with Crippen molar-refractivity contribution in [2.75, 3.05) is 6.54 Å². The first-order chi connectivity index (χ1) is 11.9. The zero-order valence-electron chi connectivity index (χ0n) is 14.2. The average molecular weight is 379 g/mol. The topological polar surface area (TPSA) is 57.6 Å². The van der Waals surface area contributed by atoms with Crippen LogP contribution in [0.2, 0.25) is 0 Å². The number of rotatable bonds is 5. The first-order valence-corrected chi connectivity index (χ1v) is 9.40. The van der Waals surface area contributed by atoms with Crippen LogP contribution in [0.3, 0.4) is 0 Å². The summed E-state index contributed by atoms with van der Waals surface area (Å²) in [4.78, 5) is 8.25. The molecule has 2 atom stereocenters. The number of carbonyl (C=O) groups is 1. The van der Waals surface area contributed by atoms with Crippen LogP contribution in [-0.4, -0.2) is 32.7 Å². The normalized spacial score (nSPS) is 19.6. The van der Waals surface area contributed by atoms with Crippen molar-refractivity contribution in [1.82, 2.24) is 4.31 Å². The van der Waals surface area contributed by atoms with Crippen LogP contribution in [0.25, 0.3) is 0 Å². The van der Waals surface area contributed by atoms with Crippen molar-refractivity contribution in [2.45, 2.75) is 62.6 Å². The Labute approximate surface area is 148 Å². The van der Waals surface area contributed by atoms with Gasteiger partial charge in [-0.2, -0.15) is 13.2 Å². The van der Waals surface area contributed by atoms with E-state index in [4.69, 9.17) is 9.90 Å². The van der Waals surface area contributed by atoms with Crippen LogP contribution in [0.4, 0.5) is 13.2 Å². The first kappa shape index (κ1) is 21.6. The van der Waals surface area contributed by atoms with Gasteiger partial charge in [0.15, 0.2) is 0 Å². The summed E-state index contributed by atoms with van der Waals surface area (Å²) in [6, 6.07) is 5.33. The molecule has 0 amide bonds. The second-order valence-electron chi connectivity index (χ2n) is 5.78. The molecule has 142 valence electrons. The Balaban J connectivity index is 0.000000970. The molecule has 8 heteroatoms. The van der Waals surface area contributed by atoms with Crippen LogP contribution in [0.15, 0.2) is 29.2 Å². The Morgan fingerprint density at radius 1 is 1.32 bits per heavy atom. The molecule has 0 radical (unpaired) electrons. The molecule has 0 aromatic heterocycles. The highest BCUT2D eigenvalue weighted by molar-refractivity contribution is 7.82. The van der Waals surface area contributed by atoms with Gasteiger partial charge in [-0.3, -0.25) is 4.79 Å². The summed E-state index contributed by atoms with van der Waals surface area (Å²) < 4.78 is 53.9. The summed E-state index contributed by atoms with van der Waals surface area (Å²) in [5, 5.41) is 6.89. The van der Waals surface area contributed by atoms with Gasteiger partial charge in [-0.1, -0.05) is 38.3 Å². The molecule has 0 bridgehead atoms. The number of hydrogen-bond donors (Lipinski definition) is 1. The lowest BCUT2D eigenvalue weighted by atomic mass is 10.00. The summed E-state index contributed by atoms with van der Waals surface area (Å²) >= 11 is 0. The summed E-state index contributed by atoms with van der Waals surface area (Å²) in [6.07, 6.45) is 1.35. The third-order valence-corrected chi connectivity index (χ3v) is 5.70. The monoisotopic (exact) mass is 379 g/mol. The molecule has 0 aliphatic carbocycles. The Kier molecular flexibility index (Phi) is 9.13. The predicted molar refractivity (Wildman–Crippen MR) is 90.4 cm³/mol. The number of carboxylic acid groups (broad SMARTS) is 1. The number of unbranched alkanes of at least 4 members (excludes halogenated alkanes) is 1. The molecular weight excluding hydrogens is 355 g/mol. The highest BCUT2D eigenvalue weighted by atomic mass is 32.2. The van der Waals surface area contributed by atoms with E-state index in [0.29, 0.717) is 6.54 Å². The zero-order valence-corrected chi connectivity index (χ0v) is 15.0. The molecule has 1 aliphatic rings.